The van der Waals surface area contributed by atoms with Crippen LogP contribution in [0.1, 0.15) is 18.6 Å². The second kappa shape index (κ2) is 6.96. The second-order valence-corrected chi connectivity index (χ2v) is 4.49. The second-order valence-electron chi connectivity index (χ2n) is 4.08. The summed E-state index contributed by atoms with van der Waals surface area (Å²) >= 11 is 6.14. The summed E-state index contributed by atoms with van der Waals surface area (Å²) in [7, 11) is 0. The van der Waals surface area contributed by atoms with Crippen molar-refractivity contribution in [3.05, 3.63) is 65.2 Å². The first kappa shape index (κ1) is 14.4. The summed E-state index contributed by atoms with van der Waals surface area (Å²) in [4.78, 5) is 12.1. The van der Waals surface area contributed by atoms with Crippen molar-refractivity contribution in [3.63, 3.8) is 0 Å². The zero-order valence-corrected chi connectivity index (χ0v) is 11.8. The fraction of sp³-hybridized carbons (Fsp3) is 0.188. The van der Waals surface area contributed by atoms with E-state index in [1.54, 1.807) is 37.3 Å². The van der Waals surface area contributed by atoms with Crippen LogP contribution in [0, 0.1) is 0 Å². The van der Waals surface area contributed by atoms with Crippen molar-refractivity contribution in [2.24, 2.45) is 0 Å². The van der Waals surface area contributed by atoms with Gasteiger partial charge in [0.2, 0.25) is 6.10 Å². The lowest BCUT2D eigenvalue weighted by atomic mass is 10.1. The lowest BCUT2D eigenvalue weighted by Crippen LogP contribution is -2.21. The minimum atomic E-state index is -0.869. The topological polar surface area (TPSA) is 35.5 Å². The SMILES string of the molecule is CCOC(=O)[C@H](Oc1ccccc1)c1ccccc1Cl. The standard InChI is InChI=1S/C16H15ClO3/c1-2-19-16(18)15(13-10-6-7-11-14(13)17)20-12-8-4-3-5-9-12/h3-11,15H,2H2,1H3/t15-/m1/s1. The van der Waals surface area contributed by atoms with Gasteiger partial charge in [0.15, 0.2) is 0 Å². The molecule has 0 radical (unpaired) electrons. The van der Waals surface area contributed by atoms with Gasteiger partial charge < -0.3 is 9.47 Å². The van der Waals surface area contributed by atoms with E-state index in [1.807, 2.05) is 24.3 Å². The van der Waals surface area contributed by atoms with Crippen LogP contribution < -0.4 is 4.74 Å². The Morgan fingerprint density at radius 3 is 2.40 bits per heavy atom. The van der Waals surface area contributed by atoms with Crippen molar-refractivity contribution in [2.45, 2.75) is 13.0 Å². The van der Waals surface area contributed by atoms with Crippen LogP contribution in [0.2, 0.25) is 5.02 Å². The van der Waals surface area contributed by atoms with Crippen molar-refractivity contribution >= 4 is 17.6 Å². The smallest absolute Gasteiger partial charge is 0.352 e. The van der Waals surface area contributed by atoms with Gasteiger partial charge in [-0.05, 0) is 25.1 Å². The maximum Gasteiger partial charge on any atom is 0.352 e. The fourth-order valence-corrected chi connectivity index (χ4v) is 2.01. The third-order valence-corrected chi connectivity index (χ3v) is 3.03. The molecule has 3 nitrogen and oxygen atoms in total. The molecule has 2 aromatic carbocycles. The Morgan fingerprint density at radius 1 is 1.10 bits per heavy atom. The van der Waals surface area contributed by atoms with Gasteiger partial charge in [0.25, 0.3) is 0 Å². The van der Waals surface area contributed by atoms with Crippen molar-refractivity contribution < 1.29 is 14.3 Å². The number of carbonyl (C=O) groups is 1. The lowest BCUT2D eigenvalue weighted by Gasteiger charge is -2.19. The molecule has 0 N–H and O–H groups in total. The van der Waals surface area contributed by atoms with Gasteiger partial charge in [-0.1, -0.05) is 48.0 Å². The molecule has 20 heavy (non-hydrogen) atoms. The Hall–Kier alpha value is -2.00. The van der Waals surface area contributed by atoms with Gasteiger partial charge in [-0.25, -0.2) is 4.79 Å². The number of carbonyl (C=O) groups excluding carboxylic acids is 1. The Kier molecular flexibility index (Phi) is 5.02. The molecular formula is C16H15ClO3. The molecule has 0 heterocycles. The summed E-state index contributed by atoms with van der Waals surface area (Å²) < 4.78 is 10.8. The monoisotopic (exact) mass is 290 g/mol. The molecule has 0 saturated heterocycles. The van der Waals surface area contributed by atoms with Crippen LogP contribution in [0.4, 0.5) is 0 Å². The molecule has 2 aromatic rings. The molecule has 0 fully saturated rings. The normalized spacial score (nSPS) is 11.7. The van der Waals surface area contributed by atoms with E-state index in [2.05, 4.69) is 0 Å². The van der Waals surface area contributed by atoms with E-state index >= 15 is 0 Å². The fourth-order valence-electron chi connectivity index (χ4n) is 1.78. The minimum absolute atomic E-state index is 0.290. The molecule has 0 bridgehead atoms. The Bertz CT molecular complexity index is 569. The zero-order valence-electron chi connectivity index (χ0n) is 11.1. The van der Waals surface area contributed by atoms with Crippen LogP contribution >= 0.6 is 11.6 Å². The quantitative estimate of drug-likeness (QED) is 0.780. The van der Waals surface area contributed by atoms with Gasteiger partial charge in [-0.2, -0.15) is 0 Å². The van der Waals surface area contributed by atoms with Crippen LogP contribution in [0.25, 0.3) is 0 Å². The molecule has 0 saturated carbocycles. The number of rotatable bonds is 5. The highest BCUT2D eigenvalue weighted by atomic mass is 35.5. The van der Waals surface area contributed by atoms with E-state index in [1.165, 1.54) is 0 Å². The van der Waals surface area contributed by atoms with Gasteiger partial charge in [0, 0.05) is 10.6 Å². The number of halogens is 1. The van der Waals surface area contributed by atoms with Crippen molar-refractivity contribution in [3.8, 4) is 5.75 Å². The molecule has 0 aliphatic heterocycles. The van der Waals surface area contributed by atoms with Crippen LogP contribution in [-0.2, 0) is 9.53 Å². The lowest BCUT2D eigenvalue weighted by molar-refractivity contribution is -0.151. The third-order valence-electron chi connectivity index (χ3n) is 2.69. The van der Waals surface area contributed by atoms with E-state index in [9.17, 15) is 4.79 Å². The highest BCUT2D eigenvalue weighted by Crippen LogP contribution is 2.28. The van der Waals surface area contributed by atoms with Crippen molar-refractivity contribution in [1.82, 2.24) is 0 Å². The van der Waals surface area contributed by atoms with Crippen LogP contribution in [0.3, 0.4) is 0 Å². The maximum absolute atomic E-state index is 12.1. The first-order chi connectivity index (χ1) is 9.72. The summed E-state index contributed by atoms with van der Waals surface area (Å²) in [6, 6.07) is 16.2. The average molecular weight is 291 g/mol. The average Bonchev–Trinajstić information content (AvgIpc) is 2.47. The molecule has 0 aliphatic carbocycles. The number of benzene rings is 2. The van der Waals surface area contributed by atoms with Gasteiger partial charge in [-0.15, -0.1) is 0 Å². The third kappa shape index (κ3) is 3.52. The number of esters is 1. The van der Waals surface area contributed by atoms with Crippen molar-refractivity contribution in [1.29, 1.82) is 0 Å². The molecular weight excluding hydrogens is 276 g/mol. The van der Waals surface area contributed by atoms with Gasteiger partial charge in [-0.3, -0.25) is 0 Å². The van der Waals surface area contributed by atoms with Gasteiger partial charge >= 0.3 is 5.97 Å². The van der Waals surface area contributed by atoms with Crippen molar-refractivity contribution in [2.75, 3.05) is 6.61 Å². The van der Waals surface area contributed by atoms with E-state index in [0.717, 1.165) is 0 Å². The maximum atomic E-state index is 12.1. The Balaban J connectivity index is 2.30. The number of hydrogen-bond donors (Lipinski definition) is 0. The first-order valence-corrected chi connectivity index (χ1v) is 6.73. The highest BCUT2D eigenvalue weighted by molar-refractivity contribution is 6.31. The van der Waals surface area contributed by atoms with Crippen LogP contribution in [0.5, 0.6) is 5.75 Å². The number of para-hydroxylation sites is 1. The van der Waals surface area contributed by atoms with Crippen LogP contribution in [-0.4, -0.2) is 12.6 Å². The molecule has 2 rings (SSSR count). The summed E-state index contributed by atoms with van der Waals surface area (Å²) in [5.74, 6) is 0.134. The van der Waals surface area contributed by atoms with E-state index in [0.29, 0.717) is 16.3 Å². The summed E-state index contributed by atoms with van der Waals surface area (Å²) in [5.41, 5.74) is 0.594. The summed E-state index contributed by atoms with van der Waals surface area (Å²) in [5, 5.41) is 0.474. The van der Waals surface area contributed by atoms with Crippen LogP contribution in [0.15, 0.2) is 54.6 Å². The first-order valence-electron chi connectivity index (χ1n) is 6.35. The molecule has 0 spiro atoms. The van der Waals surface area contributed by atoms with Gasteiger partial charge in [0.1, 0.15) is 5.75 Å². The Labute approximate surface area is 123 Å². The molecule has 4 heteroatoms. The summed E-state index contributed by atoms with van der Waals surface area (Å²) in [6.45, 7) is 2.04. The predicted molar refractivity (Wildman–Crippen MR) is 77.9 cm³/mol. The van der Waals surface area contributed by atoms with E-state index in [-0.39, 0.29) is 6.61 Å². The Morgan fingerprint density at radius 2 is 1.75 bits per heavy atom. The summed E-state index contributed by atoms with van der Waals surface area (Å²) in [6.07, 6.45) is -0.869. The molecule has 1 atom stereocenters. The zero-order chi connectivity index (χ0) is 14.4. The predicted octanol–water partition coefficient (Wildman–Crippen LogP) is 4.02. The van der Waals surface area contributed by atoms with Gasteiger partial charge in [0.05, 0.1) is 6.61 Å². The molecule has 104 valence electrons. The molecule has 0 amide bonds. The number of ether oxygens (including phenoxy) is 2. The largest absolute Gasteiger partial charge is 0.474 e. The highest BCUT2D eigenvalue weighted by Gasteiger charge is 2.26. The number of hydrogen-bond acceptors (Lipinski definition) is 3. The molecule has 0 aromatic heterocycles. The van der Waals surface area contributed by atoms with E-state index < -0.39 is 12.1 Å². The minimum Gasteiger partial charge on any atom is -0.474 e. The van der Waals surface area contributed by atoms with E-state index in [4.69, 9.17) is 21.1 Å². The molecule has 0 unspecified atom stereocenters. The molecule has 0 aliphatic rings.